The van der Waals surface area contributed by atoms with Crippen molar-refractivity contribution in [3.8, 4) is 0 Å². The summed E-state index contributed by atoms with van der Waals surface area (Å²) in [5.41, 5.74) is 1.51. The molecule has 1 unspecified atom stereocenters. The highest BCUT2D eigenvalue weighted by atomic mass is 16.7. The lowest BCUT2D eigenvalue weighted by Gasteiger charge is -2.21. The number of fused-ring (bicyclic) bond motifs is 1. The molecule has 0 aliphatic carbocycles. The molecule has 0 aromatic heterocycles. The van der Waals surface area contributed by atoms with Crippen molar-refractivity contribution in [3.05, 3.63) is 71.3 Å². The first kappa shape index (κ1) is 16.9. The zero-order valence-corrected chi connectivity index (χ0v) is 14.1. The molecular weight excluding hydrogens is 318 g/mol. The number of hydrogen-bond acceptors (Lipinski definition) is 4. The molecule has 25 heavy (non-hydrogen) atoms. The van der Waals surface area contributed by atoms with Gasteiger partial charge in [-0.2, -0.15) is 0 Å². The van der Waals surface area contributed by atoms with E-state index in [1.165, 1.54) is 0 Å². The van der Waals surface area contributed by atoms with Crippen LogP contribution in [0.4, 0.5) is 0 Å². The van der Waals surface area contributed by atoms with Gasteiger partial charge in [0.15, 0.2) is 0 Å². The summed E-state index contributed by atoms with van der Waals surface area (Å²) in [5.74, 6) is -2.23. The summed E-state index contributed by atoms with van der Waals surface area (Å²) in [7, 11) is 0. The first-order valence-electron chi connectivity index (χ1n) is 8.22. The van der Waals surface area contributed by atoms with E-state index in [2.05, 4.69) is 0 Å². The minimum Gasteiger partial charge on any atom is -0.329 e. The second-order valence-electron chi connectivity index (χ2n) is 6.40. The van der Waals surface area contributed by atoms with Crippen LogP contribution >= 0.6 is 0 Å². The van der Waals surface area contributed by atoms with Gasteiger partial charge in [0.2, 0.25) is 0 Å². The summed E-state index contributed by atoms with van der Waals surface area (Å²) in [6, 6.07) is 16.0. The van der Waals surface area contributed by atoms with Crippen LogP contribution in [0.25, 0.3) is 0 Å². The van der Waals surface area contributed by atoms with Gasteiger partial charge in [0.1, 0.15) is 0 Å². The van der Waals surface area contributed by atoms with Gasteiger partial charge in [0.05, 0.1) is 17.0 Å². The van der Waals surface area contributed by atoms with Crippen LogP contribution in [-0.2, 0) is 16.1 Å². The molecule has 0 spiro atoms. The van der Waals surface area contributed by atoms with Crippen LogP contribution in [0.5, 0.6) is 0 Å². The Morgan fingerprint density at radius 3 is 1.96 bits per heavy atom. The summed E-state index contributed by atoms with van der Waals surface area (Å²) < 4.78 is 0. The molecule has 2 aromatic rings. The average Bonchev–Trinajstić information content (AvgIpc) is 2.85. The Morgan fingerprint density at radius 1 is 0.920 bits per heavy atom. The summed E-state index contributed by atoms with van der Waals surface area (Å²) in [6.07, 6.45) is 0.487. The number of nitrogens with zero attached hydrogens (tertiary/aromatic N) is 1. The molecular formula is C20H19NO4. The predicted molar refractivity (Wildman–Crippen MR) is 91.5 cm³/mol. The Labute approximate surface area is 146 Å². The molecule has 0 N–H and O–H groups in total. The number of hydroxylamine groups is 2. The van der Waals surface area contributed by atoms with E-state index in [1.807, 2.05) is 44.2 Å². The van der Waals surface area contributed by atoms with Gasteiger partial charge >= 0.3 is 5.97 Å². The van der Waals surface area contributed by atoms with E-state index in [4.69, 9.17) is 4.84 Å². The fraction of sp³-hybridized carbons (Fsp3) is 0.250. The molecule has 0 bridgehead atoms. The molecule has 1 aliphatic heterocycles. The quantitative estimate of drug-likeness (QED) is 0.786. The second-order valence-corrected chi connectivity index (χ2v) is 6.40. The fourth-order valence-electron chi connectivity index (χ4n) is 2.87. The van der Waals surface area contributed by atoms with Gasteiger partial charge in [-0.05, 0) is 30.0 Å². The van der Waals surface area contributed by atoms with Crippen LogP contribution in [-0.4, -0.2) is 22.8 Å². The minimum atomic E-state index is -0.601. The molecule has 0 saturated heterocycles. The van der Waals surface area contributed by atoms with E-state index in [1.54, 1.807) is 24.3 Å². The Morgan fingerprint density at radius 2 is 1.44 bits per heavy atom. The number of amides is 2. The van der Waals surface area contributed by atoms with Crippen LogP contribution in [0.1, 0.15) is 40.1 Å². The summed E-state index contributed by atoms with van der Waals surface area (Å²) in [5, 5.41) is 0.577. The van der Waals surface area contributed by atoms with E-state index < -0.39 is 23.7 Å². The summed E-state index contributed by atoms with van der Waals surface area (Å²) in [6.45, 7) is 3.83. The number of carbonyl (C=O) groups is 3. The number of carbonyl (C=O) groups excluding carboxylic acids is 3. The van der Waals surface area contributed by atoms with Crippen molar-refractivity contribution in [2.45, 2.75) is 20.3 Å². The van der Waals surface area contributed by atoms with Crippen molar-refractivity contribution in [2.24, 2.45) is 11.8 Å². The van der Waals surface area contributed by atoms with Gasteiger partial charge in [-0.3, -0.25) is 9.59 Å². The van der Waals surface area contributed by atoms with E-state index in [-0.39, 0.29) is 17.0 Å². The Hall–Kier alpha value is -2.95. The number of benzene rings is 2. The topological polar surface area (TPSA) is 63.7 Å². The summed E-state index contributed by atoms with van der Waals surface area (Å²) >= 11 is 0. The van der Waals surface area contributed by atoms with Crippen LogP contribution in [0.2, 0.25) is 0 Å². The molecule has 1 atom stereocenters. The van der Waals surface area contributed by atoms with E-state index >= 15 is 0 Å². The first-order valence-corrected chi connectivity index (χ1v) is 8.22. The van der Waals surface area contributed by atoms with Gasteiger partial charge in [0.25, 0.3) is 11.8 Å². The monoisotopic (exact) mass is 337 g/mol. The van der Waals surface area contributed by atoms with Gasteiger partial charge in [-0.25, -0.2) is 4.79 Å². The minimum absolute atomic E-state index is 0.00267. The number of imide groups is 1. The lowest BCUT2D eigenvalue weighted by Crippen LogP contribution is -2.37. The van der Waals surface area contributed by atoms with Crippen molar-refractivity contribution in [3.63, 3.8) is 0 Å². The molecule has 0 fully saturated rings. The van der Waals surface area contributed by atoms with Gasteiger partial charge in [-0.1, -0.05) is 61.4 Å². The van der Waals surface area contributed by atoms with E-state index in [0.717, 1.165) is 5.56 Å². The zero-order chi connectivity index (χ0) is 18.0. The number of hydrogen-bond donors (Lipinski definition) is 0. The van der Waals surface area contributed by atoms with Gasteiger partial charge < -0.3 is 4.84 Å². The largest absolute Gasteiger partial charge is 0.336 e. The Balaban J connectivity index is 1.76. The number of rotatable bonds is 5. The SMILES string of the molecule is CC(C)C(Cc1ccccc1)C(=O)ON1C(=O)c2ccccc2C1=O. The third kappa shape index (κ3) is 3.31. The average molecular weight is 337 g/mol. The molecule has 0 saturated carbocycles. The van der Waals surface area contributed by atoms with Gasteiger partial charge in [-0.15, -0.1) is 0 Å². The highest BCUT2D eigenvalue weighted by Gasteiger charge is 2.40. The van der Waals surface area contributed by atoms with E-state index in [9.17, 15) is 14.4 Å². The molecule has 0 radical (unpaired) electrons. The molecule has 1 aliphatic rings. The third-order valence-electron chi connectivity index (χ3n) is 4.34. The highest BCUT2D eigenvalue weighted by Crippen LogP contribution is 2.25. The molecule has 5 heteroatoms. The van der Waals surface area contributed by atoms with Crippen molar-refractivity contribution >= 4 is 17.8 Å². The third-order valence-corrected chi connectivity index (χ3v) is 4.34. The normalized spacial score (nSPS) is 14.6. The van der Waals surface area contributed by atoms with E-state index in [0.29, 0.717) is 11.5 Å². The molecule has 2 amide bonds. The zero-order valence-electron chi connectivity index (χ0n) is 14.1. The Bertz CT molecular complexity index is 778. The first-order chi connectivity index (χ1) is 12.0. The van der Waals surface area contributed by atoms with Crippen molar-refractivity contribution in [2.75, 3.05) is 0 Å². The Kier molecular flexibility index (Phi) is 4.65. The maximum Gasteiger partial charge on any atom is 0.336 e. The van der Waals surface area contributed by atoms with Crippen LogP contribution in [0, 0.1) is 11.8 Å². The maximum atomic E-state index is 12.6. The smallest absolute Gasteiger partial charge is 0.329 e. The van der Waals surface area contributed by atoms with Gasteiger partial charge in [0, 0.05) is 0 Å². The van der Waals surface area contributed by atoms with Crippen LogP contribution in [0.15, 0.2) is 54.6 Å². The van der Waals surface area contributed by atoms with Crippen molar-refractivity contribution in [1.82, 2.24) is 5.06 Å². The predicted octanol–water partition coefficient (Wildman–Crippen LogP) is 3.26. The van der Waals surface area contributed by atoms with Crippen LogP contribution in [0.3, 0.4) is 0 Å². The highest BCUT2D eigenvalue weighted by molar-refractivity contribution is 6.20. The molecule has 1 heterocycles. The standard InChI is InChI=1S/C20H19NO4/c1-13(2)17(12-14-8-4-3-5-9-14)20(24)25-21-18(22)15-10-6-7-11-16(15)19(21)23/h3-11,13,17H,12H2,1-2H3. The lowest BCUT2D eigenvalue weighted by molar-refractivity contribution is -0.175. The molecule has 5 nitrogen and oxygen atoms in total. The maximum absolute atomic E-state index is 12.6. The fourth-order valence-corrected chi connectivity index (χ4v) is 2.87. The molecule has 2 aromatic carbocycles. The van der Waals surface area contributed by atoms with Crippen LogP contribution < -0.4 is 0 Å². The van der Waals surface area contributed by atoms with Crippen molar-refractivity contribution < 1.29 is 19.2 Å². The second kappa shape index (κ2) is 6.89. The van der Waals surface area contributed by atoms with Crippen molar-refractivity contribution in [1.29, 1.82) is 0 Å². The molecule has 3 rings (SSSR count). The molecule has 128 valence electrons. The lowest BCUT2D eigenvalue weighted by atomic mass is 9.89. The summed E-state index contributed by atoms with van der Waals surface area (Å²) in [4.78, 5) is 42.5.